The highest BCUT2D eigenvalue weighted by Crippen LogP contribution is 2.19. The van der Waals surface area contributed by atoms with E-state index < -0.39 is 6.10 Å². The summed E-state index contributed by atoms with van der Waals surface area (Å²) in [5.74, 6) is -0.0875. The standard InChI is InChI=1S/C15H16N2O2/c18-12-5-3-9-17(10-12)15(19)14-13-6-2-1-4-11(13)7-8-16-14/h1-2,4,6-8,12,18H,3,5,9-10H2/t12-/m0/s1. The molecule has 1 atom stereocenters. The highest BCUT2D eigenvalue weighted by Gasteiger charge is 2.24. The lowest BCUT2D eigenvalue weighted by Crippen LogP contribution is -2.42. The highest BCUT2D eigenvalue weighted by atomic mass is 16.3. The number of carbonyl (C=O) groups is 1. The van der Waals surface area contributed by atoms with Crippen LogP contribution in [0, 0.1) is 0 Å². The predicted molar refractivity (Wildman–Crippen MR) is 72.9 cm³/mol. The van der Waals surface area contributed by atoms with Gasteiger partial charge in [-0.1, -0.05) is 24.3 Å². The van der Waals surface area contributed by atoms with Gasteiger partial charge in [0.2, 0.25) is 0 Å². The Hall–Kier alpha value is -1.94. The van der Waals surface area contributed by atoms with E-state index in [0.29, 0.717) is 18.8 Å². The Morgan fingerprint density at radius 3 is 3.00 bits per heavy atom. The summed E-state index contributed by atoms with van der Waals surface area (Å²) in [6, 6.07) is 9.64. The number of fused-ring (bicyclic) bond motifs is 1. The van der Waals surface area contributed by atoms with E-state index >= 15 is 0 Å². The summed E-state index contributed by atoms with van der Waals surface area (Å²) in [5, 5.41) is 11.6. The molecule has 0 spiro atoms. The number of piperidine rings is 1. The van der Waals surface area contributed by atoms with Crippen molar-refractivity contribution in [1.82, 2.24) is 9.88 Å². The third kappa shape index (κ3) is 2.31. The number of aliphatic hydroxyl groups excluding tert-OH is 1. The Morgan fingerprint density at radius 2 is 2.16 bits per heavy atom. The number of aliphatic hydroxyl groups is 1. The van der Waals surface area contributed by atoms with Gasteiger partial charge in [-0.05, 0) is 24.3 Å². The van der Waals surface area contributed by atoms with Crippen molar-refractivity contribution in [3.63, 3.8) is 0 Å². The topological polar surface area (TPSA) is 53.4 Å². The number of hydrogen-bond acceptors (Lipinski definition) is 3. The van der Waals surface area contributed by atoms with Crippen LogP contribution >= 0.6 is 0 Å². The van der Waals surface area contributed by atoms with E-state index in [4.69, 9.17) is 0 Å². The molecule has 4 heteroatoms. The maximum Gasteiger partial charge on any atom is 0.273 e. The average Bonchev–Trinajstić information content (AvgIpc) is 2.46. The third-order valence-electron chi connectivity index (χ3n) is 3.56. The van der Waals surface area contributed by atoms with E-state index in [0.717, 1.165) is 23.6 Å². The van der Waals surface area contributed by atoms with Gasteiger partial charge in [0.15, 0.2) is 0 Å². The van der Waals surface area contributed by atoms with E-state index in [1.807, 2.05) is 30.3 Å². The smallest absolute Gasteiger partial charge is 0.273 e. The average molecular weight is 256 g/mol. The molecule has 0 aliphatic carbocycles. The summed E-state index contributed by atoms with van der Waals surface area (Å²) >= 11 is 0. The zero-order valence-corrected chi connectivity index (χ0v) is 10.6. The molecule has 3 rings (SSSR count). The van der Waals surface area contributed by atoms with E-state index in [2.05, 4.69) is 4.98 Å². The Bertz CT molecular complexity index is 607. The molecule has 2 heterocycles. The van der Waals surface area contributed by atoms with Gasteiger partial charge in [-0.2, -0.15) is 0 Å². The third-order valence-corrected chi connectivity index (χ3v) is 3.56. The summed E-state index contributed by atoms with van der Waals surface area (Å²) in [7, 11) is 0. The summed E-state index contributed by atoms with van der Waals surface area (Å²) < 4.78 is 0. The number of aromatic nitrogens is 1. The van der Waals surface area contributed by atoms with Gasteiger partial charge in [0.05, 0.1) is 6.10 Å². The van der Waals surface area contributed by atoms with Crippen molar-refractivity contribution in [2.45, 2.75) is 18.9 Å². The van der Waals surface area contributed by atoms with E-state index in [1.54, 1.807) is 11.1 Å². The van der Waals surface area contributed by atoms with Crippen molar-refractivity contribution >= 4 is 16.7 Å². The van der Waals surface area contributed by atoms with Crippen LogP contribution in [0.2, 0.25) is 0 Å². The fourth-order valence-electron chi connectivity index (χ4n) is 2.58. The maximum absolute atomic E-state index is 12.5. The van der Waals surface area contributed by atoms with Gasteiger partial charge in [-0.25, -0.2) is 0 Å². The summed E-state index contributed by atoms with van der Waals surface area (Å²) in [5.41, 5.74) is 0.479. The number of amides is 1. The molecule has 1 amide bonds. The quantitative estimate of drug-likeness (QED) is 0.847. The number of pyridine rings is 1. The second kappa shape index (κ2) is 4.97. The molecule has 1 aliphatic heterocycles. The van der Waals surface area contributed by atoms with Gasteiger partial charge >= 0.3 is 0 Å². The first-order valence-electron chi connectivity index (χ1n) is 6.57. The minimum atomic E-state index is -0.410. The van der Waals surface area contributed by atoms with Crippen LogP contribution in [-0.4, -0.2) is 40.1 Å². The van der Waals surface area contributed by atoms with E-state index in [-0.39, 0.29) is 5.91 Å². The number of benzene rings is 1. The number of carbonyl (C=O) groups excluding carboxylic acids is 1. The fraction of sp³-hybridized carbons (Fsp3) is 0.333. The molecule has 0 saturated carbocycles. The number of β-amino-alcohol motifs (C(OH)–C–C–N with tert-alkyl or cyclic N) is 1. The number of likely N-dealkylation sites (tertiary alicyclic amines) is 1. The van der Waals surface area contributed by atoms with Crippen LogP contribution in [0.1, 0.15) is 23.3 Å². The maximum atomic E-state index is 12.5. The zero-order chi connectivity index (χ0) is 13.2. The largest absolute Gasteiger partial charge is 0.391 e. The first-order valence-corrected chi connectivity index (χ1v) is 6.57. The normalized spacial score (nSPS) is 19.6. The minimum absolute atomic E-state index is 0.0875. The molecule has 1 aromatic carbocycles. The molecule has 1 saturated heterocycles. The van der Waals surface area contributed by atoms with Crippen LogP contribution < -0.4 is 0 Å². The van der Waals surface area contributed by atoms with Gasteiger partial charge in [0.1, 0.15) is 5.69 Å². The van der Waals surface area contributed by atoms with Crippen molar-refractivity contribution in [3.05, 3.63) is 42.2 Å². The van der Waals surface area contributed by atoms with Crippen LogP contribution in [0.3, 0.4) is 0 Å². The lowest BCUT2D eigenvalue weighted by Gasteiger charge is -2.30. The Morgan fingerprint density at radius 1 is 1.32 bits per heavy atom. The van der Waals surface area contributed by atoms with Gasteiger partial charge < -0.3 is 10.0 Å². The molecule has 0 radical (unpaired) electrons. The van der Waals surface area contributed by atoms with Crippen LogP contribution in [0.5, 0.6) is 0 Å². The summed E-state index contributed by atoms with van der Waals surface area (Å²) in [6.45, 7) is 1.10. The van der Waals surface area contributed by atoms with Gasteiger partial charge in [-0.3, -0.25) is 9.78 Å². The monoisotopic (exact) mass is 256 g/mol. The number of hydrogen-bond donors (Lipinski definition) is 1. The van der Waals surface area contributed by atoms with Crippen LogP contribution in [0.4, 0.5) is 0 Å². The molecule has 1 N–H and O–H groups in total. The van der Waals surface area contributed by atoms with Crippen molar-refractivity contribution in [2.75, 3.05) is 13.1 Å². The molecule has 0 bridgehead atoms. The SMILES string of the molecule is O=C(c1nccc2ccccc12)N1CCC[C@H](O)C1. The number of rotatable bonds is 1. The second-order valence-electron chi connectivity index (χ2n) is 4.93. The van der Waals surface area contributed by atoms with Crippen molar-refractivity contribution < 1.29 is 9.90 Å². The molecule has 1 aliphatic rings. The molecular formula is C15H16N2O2. The summed E-state index contributed by atoms with van der Waals surface area (Å²) in [6.07, 6.45) is 2.87. The minimum Gasteiger partial charge on any atom is -0.391 e. The highest BCUT2D eigenvalue weighted by molar-refractivity contribution is 6.05. The van der Waals surface area contributed by atoms with Gasteiger partial charge in [-0.15, -0.1) is 0 Å². The van der Waals surface area contributed by atoms with Gasteiger partial charge in [0, 0.05) is 24.7 Å². The van der Waals surface area contributed by atoms with Gasteiger partial charge in [0.25, 0.3) is 5.91 Å². The zero-order valence-electron chi connectivity index (χ0n) is 10.6. The molecule has 1 fully saturated rings. The molecule has 4 nitrogen and oxygen atoms in total. The second-order valence-corrected chi connectivity index (χ2v) is 4.93. The Labute approximate surface area is 111 Å². The summed E-state index contributed by atoms with van der Waals surface area (Å²) in [4.78, 5) is 18.4. The Balaban J connectivity index is 1.97. The van der Waals surface area contributed by atoms with Crippen molar-refractivity contribution in [3.8, 4) is 0 Å². The molecule has 0 unspecified atom stereocenters. The molecule has 1 aromatic heterocycles. The lowest BCUT2D eigenvalue weighted by atomic mass is 10.1. The molecule has 19 heavy (non-hydrogen) atoms. The lowest BCUT2D eigenvalue weighted by molar-refractivity contribution is 0.0471. The van der Waals surface area contributed by atoms with Crippen molar-refractivity contribution in [1.29, 1.82) is 0 Å². The molecule has 98 valence electrons. The number of nitrogens with zero attached hydrogens (tertiary/aromatic N) is 2. The predicted octanol–water partition coefficient (Wildman–Crippen LogP) is 1.83. The molecule has 2 aromatic rings. The fourth-order valence-corrected chi connectivity index (χ4v) is 2.58. The first kappa shape index (κ1) is 12.1. The van der Waals surface area contributed by atoms with E-state index in [9.17, 15) is 9.90 Å². The first-order chi connectivity index (χ1) is 9.25. The van der Waals surface area contributed by atoms with Crippen molar-refractivity contribution in [2.24, 2.45) is 0 Å². The molecular weight excluding hydrogens is 240 g/mol. The van der Waals surface area contributed by atoms with E-state index in [1.165, 1.54) is 0 Å². The van der Waals surface area contributed by atoms with Crippen LogP contribution in [-0.2, 0) is 0 Å². The van der Waals surface area contributed by atoms with Crippen LogP contribution in [0.25, 0.3) is 10.8 Å². The Kier molecular flexibility index (Phi) is 3.17. The van der Waals surface area contributed by atoms with Crippen LogP contribution in [0.15, 0.2) is 36.5 Å².